The molecule has 0 fully saturated rings. The highest BCUT2D eigenvalue weighted by Crippen LogP contribution is 2.42. The lowest BCUT2D eigenvalue weighted by atomic mass is 9.72. The maximum Gasteiger partial charge on any atom is 0.416 e. The quantitative estimate of drug-likeness (QED) is 0.774. The normalized spacial score (nSPS) is 23.8. The van der Waals surface area contributed by atoms with Crippen molar-refractivity contribution in [2.45, 2.75) is 39.0 Å². The molecular weight excluding hydrogens is 192 g/mol. The molecule has 15 heavy (non-hydrogen) atoms. The minimum Gasteiger partial charge on any atom is -0.412 e. The molecule has 1 aliphatic rings. The molecule has 1 atom stereocenters. The zero-order valence-corrected chi connectivity index (χ0v) is 9.30. The molecule has 0 amide bonds. The first-order valence-corrected chi connectivity index (χ1v) is 5.44. The second-order valence-electron chi connectivity index (χ2n) is 5.18. The van der Waals surface area contributed by atoms with Crippen LogP contribution in [0, 0.1) is 5.41 Å². The number of nitrogens with two attached hydrogens (primary N) is 1. The van der Waals surface area contributed by atoms with Crippen LogP contribution in [-0.4, -0.2) is 11.5 Å². The highest BCUT2D eigenvalue weighted by atomic mass is 16.4. The SMILES string of the molecule is CC1(C)Cc2[nH]c(=O)oc2C(CCN)C1. The van der Waals surface area contributed by atoms with Gasteiger partial charge in [-0.3, -0.25) is 4.98 Å². The summed E-state index contributed by atoms with van der Waals surface area (Å²) >= 11 is 0. The van der Waals surface area contributed by atoms with Crippen molar-refractivity contribution in [3.8, 4) is 0 Å². The smallest absolute Gasteiger partial charge is 0.412 e. The zero-order chi connectivity index (χ0) is 11.1. The van der Waals surface area contributed by atoms with E-state index in [0.29, 0.717) is 12.5 Å². The van der Waals surface area contributed by atoms with E-state index in [9.17, 15) is 4.79 Å². The number of aromatic amines is 1. The van der Waals surface area contributed by atoms with Crippen molar-refractivity contribution in [2.24, 2.45) is 11.1 Å². The molecule has 1 aromatic rings. The van der Waals surface area contributed by atoms with Crippen molar-refractivity contribution in [1.82, 2.24) is 4.98 Å². The number of oxazole rings is 1. The lowest BCUT2D eigenvalue weighted by Crippen LogP contribution is -2.26. The van der Waals surface area contributed by atoms with E-state index in [1.54, 1.807) is 0 Å². The van der Waals surface area contributed by atoms with Gasteiger partial charge in [0.05, 0.1) is 5.69 Å². The molecule has 84 valence electrons. The predicted molar refractivity (Wildman–Crippen MR) is 57.8 cm³/mol. The van der Waals surface area contributed by atoms with Gasteiger partial charge >= 0.3 is 5.76 Å². The molecule has 0 spiro atoms. The molecule has 4 heteroatoms. The summed E-state index contributed by atoms with van der Waals surface area (Å²) in [5, 5.41) is 0. The Bertz CT molecular complexity index is 403. The van der Waals surface area contributed by atoms with Gasteiger partial charge < -0.3 is 10.2 Å². The molecule has 0 bridgehead atoms. The highest BCUT2D eigenvalue weighted by Gasteiger charge is 2.35. The number of nitrogens with one attached hydrogen (secondary N) is 1. The van der Waals surface area contributed by atoms with E-state index in [1.807, 2.05) is 0 Å². The highest BCUT2D eigenvalue weighted by molar-refractivity contribution is 5.19. The van der Waals surface area contributed by atoms with Crippen LogP contribution in [-0.2, 0) is 6.42 Å². The molecule has 2 rings (SSSR count). The largest absolute Gasteiger partial charge is 0.416 e. The third kappa shape index (κ3) is 2.00. The maximum atomic E-state index is 11.2. The summed E-state index contributed by atoms with van der Waals surface area (Å²) in [6.07, 6.45) is 2.81. The zero-order valence-electron chi connectivity index (χ0n) is 9.30. The molecule has 4 nitrogen and oxygen atoms in total. The Labute approximate surface area is 88.9 Å². The van der Waals surface area contributed by atoms with Crippen molar-refractivity contribution >= 4 is 0 Å². The van der Waals surface area contributed by atoms with Gasteiger partial charge in [-0.15, -0.1) is 0 Å². The first-order valence-electron chi connectivity index (χ1n) is 5.44. The minimum atomic E-state index is -0.334. The molecule has 1 heterocycles. The molecule has 0 aliphatic heterocycles. The number of H-pyrrole nitrogens is 1. The van der Waals surface area contributed by atoms with E-state index in [2.05, 4.69) is 18.8 Å². The van der Waals surface area contributed by atoms with Crippen LogP contribution in [0.1, 0.15) is 44.1 Å². The van der Waals surface area contributed by atoms with Gasteiger partial charge in [0, 0.05) is 5.92 Å². The Morgan fingerprint density at radius 3 is 3.00 bits per heavy atom. The molecule has 0 saturated heterocycles. The van der Waals surface area contributed by atoms with Crippen molar-refractivity contribution in [2.75, 3.05) is 6.54 Å². The van der Waals surface area contributed by atoms with Crippen LogP contribution in [0.3, 0.4) is 0 Å². The first kappa shape index (κ1) is 10.5. The third-order valence-corrected chi connectivity index (χ3v) is 3.09. The van der Waals surface area contributed by atoms with E-state index >= 15 is 0 Å². The summed E-state index contributed by atoms with van der Waals surface area (Å²) in [7, 11) is 0. The van der Waals surface area contributed by atoms with E-state index < -0.39 is 0 Å². The summed E-state index contributed by atoms with van der Waals surface area (Å²) in [6, 6.07) is 0. The Morgan fingerprint density at radius 1 is 1.60 bits per heavy atom. The van der Waals surface area contributed by atoms with Crippen molar-refractivity contribution in [3.63, 3.8) is 0 Å². The lowest BCUT2D eigenvalue weighted by molar-refractivity contribution is 0.247. The second kappa shape index (κ2) is 3.52. The monoisotopic (exact) mass is 210 g/mol. The Balaban J connectivity index is 2.38. The topological polar surface area (TPSA) is 72.0 Å². The van der Waals surface area contributed by atoms with Gasteiger partial charge in [0.15, 0.2) is 0 Å². The molecule has 1 aliphatic carbocycles. The minimum absolute atomic E-state index is 0.222. The van der Waals surface area contributed by atoms with Crippen molar-refractivity contribution in [3.05, 3.63) is 22.0 Å². The van der Waals surface area contributed by atoms with E-state index in [0.717, 1.165) is 30.7 Å². The Hall–Kier alpha value is -1.03. The Kier molecular flexibility index (Phi) is 2.46. The first-order chi connectivity index (χ1) is 7.02. The number of fused-ring (bicyclic) bond motifs is 1. The third-order valence-electron chi connectivity index (χ3n) is 3.09. The fourth-order valence-electron chi connectivity index (χ4n) is 2.58. The Morgan fingerprint density at radius 2 is 2.33 bits per heavy atom. The van der Waals surface area contributed by atoms with Crippen LogP contribution in [0.4, 0.5) is 0 Å². The summed E-state index contributed by atoms with van der Waals surface area (Å²) in [4.78, 5) is 13.9. The van der Waals surface area contributed by atoms with E-state index in [4.69, 9.17) is 10.2 Å². The average molecular weight is 210 g/mol. The van der Waals surface area contributed by atoms with Gasteiger partial charge in [-0.2, -0.15) is 0 Å². The van der Waals surface area contributed by atoms with Crippen LogP contribution >= 0.6 is 0 Å². The van der Waals surface area contributed by atoms with Crippen LogP contribution < -0.4 is 11.5 Å². The van der Waals surface area contributed by atoms with Gasteiger partial charge in [0.25, 0.3) is 0 Å². The molecule has 1 unspecified atom stereocenters. The van der Waals surface area contributed by atoms with Crippen LogP contribution in [0.2, 0.25) is 0 Å². The van der Waals surface area contributed by atoms with Crippen molar-refractivity contribution in [1.29, 1.82) is 0 Å². The van der Waals surface area contributed by atoms with Gasteiger partial charge in [-0.1, -0.05) is 13.8 Å². The van der Waals surface area contributed by atoms with Gasteiger partial charge in [0.2, 0.25) is 0 Å². The number of rotatable bonds is 2. The molecular formula is C11H18N2O2. The van der Waals surface area contributed by atoms with E-state index in [-0.39, 0.29) is 11.2 Å². The number of hydrogen-bond donors (Lipinski definition) is 2. The molecule has 0 radical (unpaired) electrons. The predicted octanol–water partition coefficient (Wildman–Crippen LogP) is 1.37. The second-order valence-corrected chi connectivity index (χ2v) is 5.18. The lowest BCUT2D eigenvalue weighted by Gasteiger charge is -2.33. The van der Waals surface area contributed by atoms with Crippen LogP contribution in [0.25, 0.3) is 0 Å². The van der Waals surface area contributed by atoms with Gasteiger partial charge in [-0.25, -0.2) is 4.79 Å². The standard InChI is InChI=1S/C11H18N2O2/c1-11(2)5-7(3-4-12)9-8(6-11)13-10(14)15-9/h7H,3-6,12H2,1-2H3,(H,13,14). The fraction of sp³-hybridized carbons (Fsp3) is 0.727. The maximum absolute atomic E-state index is 11.2. The molecule has 1 aromatic heterocycles. The molecule has 0 saturated carbocycles. The summed E-state index contributed by atoms with van der Waals surface area (Å²) < 4.78 is 5.20. The summed E-state index contributed by atoms with van der Waals surface area (Å²) in [5.74, 6) is 0.803. The summed E-state index contributed by atoms with van der Waals surface area (Å²) in [5.41, 5.74) is 6.77. The fourth-order valence-corrected chi connectivity index (χ4v) is 2.58. The van der Waals surface area contributed by atoms with E-state index in [1.165, 1.54) is 0 Å². The van der Waals surface area contributed by atoms with Crippen LogP contribution in [0.5, 0.6) is 0 Å². The van der Waals surface area contributed by atoms with Gasteiger partial charge in [-0.05, 0) is 31.2 Å². The van der Waals surface area contributed by atoms with Gasteiger partial charge in [0.1, 0.15) is 5.76 Å². The van der Waals surface area contributed by atoms with Crippen LogP contribution in [0.15, 0.2) is 9.21 Å². The number of hydrogen-bond acceptors (Lipinski definition) is 3. The molecule has 0 aromatic carbocycles. The number of aromatic nitrogens is 1. The molecule has 3 N–H and O–H groups in total. The summed E-state index contributed by atoms with van der Waals surface area (Å²) in [6.45, 7) is 5.06. The van der Waals surface area contributed by atoms with Crippen molar-refractivity contribution < 1.29 is 4.42 Å². The average Bonchev–Trinajstić information content (AvgIpc) is 2.44.